The zero-order chi connectivity index (χ0) is 15.1. The predicted octanol–water partition coefficient (Wildman–Crippen LogP) is 1.95. The highest BCUT2D eigenvalue weighted by Gasteiger charge is 2.18. The fourth-order valence-corrected chi connectivity index (χ4v) is 1.72. The Morgan fingerprint density at radius 2 is 1.90 bits per heavy atom. The van der Waals surface area contributed by atoms with Crippen LogP contribution in [0.3, 0.4) is 0 Å². The molecular formula is C15H23N3O2. The number of benzene rings is 1. The van der Waals surface area contributed by atoms with Crippen LogP contribution in [0.2, 0.25) is 0 Å². The SMILES string of the molecule is CCCCN(C)C(=O)C(=O)Nc1cccc(N(C)C)c1. The number of hydrogen-bond donors (Lipinski definition) is 1. The van der Waals surface area contributed by atoms with Crippen LogP contribution in [0.4, 0.5) is 11.4 Å². The molecule has 1 N–H and O–H groups in total. The van der Waals surface area contributed by atoms with Crippen molar-refractivity contribution in [3.8, 4) is 0 Å². The molecule has 5 heteroatoms. The van der Waals surface area contributed by atoms with E-state index < -0.39 is 11.8 Å². The number of hydrogen-bond acceptors (Lipinski definition) is 3. The molecule has 0 fully saturated rings. The molecule has 20 heavy (non-hydrogen) atoms. The number of carbonyl (C=O) groups is 2. The number of amides is 2. The molecule has 0 bridgehead atoms. The molecule has 1 rings (SSSR count). The van der Waals surface area contributed by atoms with E-state index in [9.17, 15) is 9.59 Å². The smallest absolute Gasteiger partial charge is 0.313 e. The second-order valence-electron chi connectivity index (χ2n) is 4.98. The van der Waals surface area contributed by atoms with E-state index in [1.807, 2.05) is 44.1 Å². The van der Waals surface area contributed by atoms with Gasteiger partial charge < -0.3 is 15.1 Å². The Balaban J connectivity index is 2.66. The van der Waals surface area contributed by atoms with Crippen molar-refractivity contribution in [1.29, 1.82) is 0 Å². The summed E-state index contributed by atoms with van der Waals surface area (Å²) in [6.07, 6.45) is 1.88. The third kappa shape index (κ3) is 4.57. The zero-order valence-corrected chi connectivity index (χ0v) is 12.6. The van der Waals surface area contributed by atoms with Gasteiger partial charge in [-0.05, 0) is 24.6 Å². The largest absolute Gasteiger partial charge is 0.378 e. The molecule has 2 amide bonds. The zero-order valence-electron chi connectivity index (χ0n) is 12.6. The van der Waals surface area contributed by atoms with Crippen LogP contribution in [0, 0.1) is 0 Å². The summed E-state index contributed by atoms with van der Waals surface area (Å²) < 4.78 is 0. The third-order valence-electron chi connectivity index (χ3n) is 3.01. The monoisotopic (exact) mass is 277 g/mol. The van der Waals surface area contributed by atoms with Gasteiger partial charge in [0.1, 0.15) is 0 Å². The Bertz CT molecular complexity index is 472. The molecule has 1 aromatic carbocycles. The molecule has 0 aliphatic rings. The summed E-state index contributed by atoms with van der Waals surface area (Å²) in [5.41, 5.74) is 1.59. The molecule has 0 radical (unpaired) electrons. The number of nitrogens with one attached hydrogen (secondary N) is 1. The number of likely N-dealkylation sites (N-methyl/N-ethyl adjacent to an activating group) is 1. The quantitative estimate of drug-likeness (QED) is 0.837. The average molecular weight is 277 g/mol. The molecule has 0 saturated carbocycles. The second kappa shape index (κ2) is 7.53. The van der Waals surface area contributed by atoms with Gasteiger partial charge in [0, 0.05) is 39.1 Å². The maximum atomic E-state index is 11.9. The van der Waals surface area contributed by atoms with Crippen LogP contribution in [0.15, 0.2) is 24.3 Å². The van der Waals surface area contributed by atoms with Crippen LogP contribution in [0.25, 0.3) is 0 Å². The van der Waals surface area contributed by atoms with E-state index in [1.165, 1.54) is 4.90 Å². The lowest BCUT2D eigenvalue weighted by molar-refractivity contribution is -0.142. The molecule has 1 aromatic rings. The minimum Gasteiger partial charge on any atom is -0.378 e. The predicted molar refractivity (Wildman–Crippen MR) is 81.9 cm³/mol. The lowest BCUT2D eigenvalue weighted by Crippen LogP contribution is -2.37. The van der Waals surface area contributed by atoms with Crippen LogP contribution in [-0.4, -0.2) is 44.4 Å². The van der Waals surface area contributed by atoms with E-state index in [0.29, 0.717) is 12.2 Å². The van der Waals surface area contributed by atoms with Crippen molar-refractivity contribution in [2.45, 2.75) is 19.8 Å². The maximum absolute atomic E-state index is 11.9. The summed E-state index contributed by atoms with van der Waals surface area (Å²) in [6, 6.07) is 7.38. The Kier molecular flexibility index (Phi) is 6.03. The minimum atomic E-state index is -0.598. The van der Waals surface area contributed by atoms with Crippen molar-refractivity contribution in [2.75, 3.05) is 37.9 Å². The standard InChI is InChI=1S/C15H23N3O2/c1-5-6-10-18(4)15(20)14(19)16-12-8-7-9-13(11-12)17(2)3/h7-9,11H,5-6,10H2,1-4H3,(H,16,19). The van der Waals surface area contributed by atoms with Crippen molar-refractivity contribution in [3.63, 3.8) is 0 Å². The Morgan fingerprint density at radius 3 is 2.50 bits per heavy atom. The van der Waals surface area contributed by atoms with E-state index in [1.54, 1.807) is 13.1 Å². The highest BCUT2D eigenvalue weighted by atomic mass is 16.2. The highest BCUT2D eigenvalue weighted by molar-refractivity contribution is 6.39. The Labute approximate surface area is 120 Å². The van der Waals surface area contributed by atoms with Crippen LogP contribution < -0.4 is 10.2 Å². The molecule has 0 aliphatic carbocycles. The summed E-state index contributed by atoms with van der Waals surface area (Å²) in [5, 5.41) is 2.64. The van der Waals surface area contributed by atoms with Crippen molar-refractivity contribution in [1.82, 2.24) is 4.90 Å². The second-order valence-corrected chi connectivity index (χ2v) is 4.98. The number of anilines is 2. The fourth-order valence-electron chi connectivity index (χ4n) is 1.72. The van der Waals surface area contributed by atoms with Crippen LogP contribution in [0.5, 0.6) is 0 Å². The van der Waals surface area contributed by atoms with E-state index in [2.05, 4.69) is 5.32 Å². The number of unbranched alkanes of at least 4 members (excludes halogenated alkanes) is 1. The normalized spacial score (nSPS) is 10.0. The van der Waals surface area contributed by atoms with Gasteiger partial charge >= 0.3 is 11.8 Å². The Hall–Kier alpha value is -2.04. The van der Waals surface area contributed by atoms with E-state index in [-0.39, 0.29) is 0 Å². The number of carbonyl (C=O) groups excluding carboxylic acids is 2. The number of rotatable bonds is 5. The Morgan fingerprint density at radius 1 is 1.20 bits per heavy atom. The lowest BCUT2D eigenvalue weighted by Gasteiger charge is -2.17. The topological polar surface area (TPSA) is 52.7 Å². The van der Waals surface area contributed by atoms with Crippen LogP contribution in [0.1, 0.15) is 19.8 Å². The molecule has 0 unspecified atom stereocenters. The van der Waals surface area contributed by atoms with E-state index in [4.69, 9.17) is 0 Å². The van der Waals surface area contributed by atoms with Gasteiger partial charge in [-0.25, -0.2) is 0 Å². The summed E-state index contributed by atoms with van der Waals surface area (Å²) in [5.74, 6) is -1.10. The van der Waals surface area contributed by atoms with Crippen molar-refractivity contribution < 1.29 is 9.59 Å². The van der Waals surface area contributed by atoms with Gasteiger partial charge in [-0.2, -0.15) is 0 Å². The minimum absolute atomic E-state index is 0.506. The first-order valence-corrected chi connectivity index (χ1v) is 6.79. The third-order valence-corrected chi connectivity index (χ3v) is 3.01. The first kappa shape index (κ1) is 16.0. The van der Waals surface area contributed by atoms with Crippen LogP contribution >= 0.6 is 0 Å². The van der Waals surface area contributed by atoms with Crippen molar-refractivity contribution in [2.24, 2.45) is 0 Å². The molecule has 0 atom stereocenters. The van der Waals surface area contributed by atoms with Crippen molar-refractivity contribution >= 4 is 23.2 Å². The van der Waals surface area contributed by atoms with Gasteiger partial charge in [-0.15, -0.1) is 0 Å². The van der Waals surface area contributed by atoms with E-state index in [0.717, 1.165) is 18.5 Å². The highest BCUT2D eigenvalue weighted by Crippen LogP contribution is 2.17. The van der Waals surface area contributed by atoms with Gasteiger partial charge in [0.05, 0.1) is 0 Å². The summed E-state index contributed by atoms with van der Waals surface area (Å²) in [6.45, 7) is 2.64. The molecule has 0 aliphatic heterocycles. The molecule has 0 aromatic heterocycles. The molecule has 0 saturated heterocycles. The average Bonchev–Trinajstić information content (AvgIpc) is 2.44. The molecule has 0 spiro atoms. The molecule has 5 nitrogen and oxygen atoms in total. The molecule has 0 heterocycles. The van der Waals surface area contributed by atoms with Gasteiger partial charge in [0.2, 0.25) is 0 Å². The molecule has 110 valence electrons. The first-order valence-electron chi connectivity index (χ1n) is 6.79. The lowest BCUT2D eigenvalue weighted by atomic mass is 10.2. The van der Waals surface area contributed by atoms with Gasteiger partial charge in [0.25, 0.3) is 0 Å². The summed E-state index contributed by atoms with van der Waals surface area (Å²) in [7, 11) is 5.49. The van der Waals surface area contributed by atoms with Crippen molar-refractivity contribution in [3.05, 3.63) is 24.3 Å². The van der Waals surface area contributed by atoms with Gasteiger partial charge in [-0.1, -0.05) is 19.4 Å². The molecular weight excluding hydrogens is 254 g/mol. The number of nitrogens with zero attached hydrogens (tertiary/aromatic N) is 2. The van der Waals surface area contributed by atoms with Gasteiger partial charge in [0.15, 0.2) is 0 Å². The fraction of sp³-hybridized carbons (Fsp3) is 0.467. The van der Waals surface area contributed by atoms with Gasteiger partial charge in [-0.3, -0.25) is 9.59 Å². The summed E-state index contributed by atoms with van der Waals surface area (Å²) >= 11 is 0. The van der Waals surface area contributed by atoms with E-state index >= 15 is 0 Å². The summed E-state index contributed by atoms with van der Waals surface area (Å²) in [4.78, 5) is 27.1. The maximum Gasteiger partial charge on any atom is 0.313 e. The van der Waals surface area contributed by atoms with Crippen LogP contribution in [-0.2, 0) is 9.59 Å². The first-order chi connectivity index (χ1) is 9.45.